The van der Waals surface area contributed by atoms with Crippen molar-refractivity contribution in [2.24, 2.45) is 4.99 Å². The van der Waals surface area contributed by atoms with Crippen LogP contribution in [0, 0.1) is 0 Å². The first-order valence-corrected chi connectivity index (χ1v) is 9.75. The molecule has 0 amide bonds. The zero-order valence-corrected chi connectivity index (χ0v) is 16.4. The molecule has 2 aromatic heterocycles. The SMILES string of the molecule is CCNC(=NCc1cccc(-c2ncn[nH]2)c1)NCC(O)c1ccc(Cl)s1. The van der Waals surface area contributed by atoms with Gasteiger partial charge in [-0.25, -0.2) is 9.98 Å². The molecule has 0 radical (unpaired) electrons. The Morgan fingerprint density at radius 2 is 2.22 bits per heavy atom. The highest BCUT2D eigenvalue weighted by Crippen LogP contribution is 2.26. The lowest BCUT2D eigenvalue weighted by atomic mass is 10.1. The van der Waals surface area contributed by atoms with Crippen LogP contribution in [0.3, 0.4) is 0 Å². The summed E-state index contributed by atoms with van der Waals surface area (Å²) < 4.78 is 0.663. The molecule has 7 nitrogen and oxygen atoms in total. The molecular formula is C18H21ClN6OS. The lowest BCUT2D eigenvalue weighted by Gasteiger charge is -2.14. The maximum absolute atomic E-state index is 10.3. The molecule has 2 heterocycles. The minimum Gasteiger partial charge on any atom is -0.386 e. The van der Waals surface area contributed by atoms with E-state index in [-0.39, 0.29) is 0 Å². The van der Waals surface area contributed by atoms with E-state index in [0.29, 0.717) is 23.4 Å². The third kappa shape index (κ3) is 5.53. The van der Waals surface area contributed by atoms with Gasteiger partial charge < -0.3 is 15.7 Å². The first kappa shape index (κ1) is 19.3. The lowest BCUT2D eigenvalue weighted by Crippen LogP contribution is -2.39. The zero-order valence-electron chi connectivity index (χ0n) is 14.8. The molecule has 142 valence electrons. The molecule has 0 saturated heterocycles. The number of aromatic nitrogens is 3. The first-order valence-electron chi connectivity index (χ1n) is 8.56. The molecule has 0 saturated carbocycles. The van der Waals surface area contributed by atoms with Gasteiger partial charge in [0.05, 0.1) is 10.9 Å². The normalized spacial score (nSPS) is 12.8. The Hall–Kier alpha value is -2.42. The molecule has 0 fully saturated rings. The number of halogens is 1. The fraction of sp³-hybridized carbons (Fsp3) is 0.278. The van der Waals surface area contributed by atoms with Crippen molar-refractivity contribution in [3.8, 4) is 11.4 Å². The van der Waals surface area contributed by atoms with Crippen LogP contribution >= 0.6 is 22.9 Å². The summed E-state index contributed by atoms with van der Waals surface area (Å²) in [6.45, 7) is 3.57. The first-order chi connectivity index (χ1) is 13.2. The van der Waals surface area contributed by atoms with Gasteiger partial charge in [0.2, 0.25) is 0 Å². The molecule has 0 bridgehead atoms. The smallest absolute Gasteiger partial charge is 0.191 e. The molecule has 3 rings (SSSR count). The van der Waals surface area contributed by atoms with Gasteiger partial charge in [-0.1, -0.05) is 29.8 Å². The number of hydrogen-bond acceptors (Lipinski definition) is 5. The zero-order chi connectivity index (χ0) is 19.1. The predicted octanol–water partition coefficient (Wildman–Crippen LogP) is 2.98. The van der Waals surface area contributed by atoms with Crippen LogP contribution in [-0.2, 0) is 6.54 Å². The Morgan fingerprint density at radius 1 is 1.33 bits per heavy atom. The second-order valence-electron chi connectivity index (χ2n) is 5.77. The number of nitrogens with one attached hydrogen (secondary N) is 3. The molecule has 27 heavy (non-hydrogen) atoms. The van der Waals surface area contributed by atoms with E-state index < -0.39 is 6.10 Å². The van der Waals surface area contributed by atoms with E-state index in [1.165, 1.54) is 17.7 Å². The van der Waals surface area contributed by atoms with E-state index in [0.717, 1.165) is 28.4 Å². The van der Waals surface area contributed by atoms with Crippen LogP contribution in [0.5, 0.6) is 0 Å². The molecule has 0 spiro atoms. The Labute approximate surface area is 166 Å². The molecule has 3 aromatic rings. The van der Waals surface area contributed by atoms with Gasteiger partial charge in [0, 0.05) is 23.5 Å². The third-order valence-electron chi connectivity index (χ3n) is 3.76. The number of benzene rings is 1. The quantitative estimate of drug-likeness (QED) is 0.358. The number of hydrogen-bond donors (Lipinski definition) is 4. The molecule has 4 N–H and O–H groups in total. The van der Waals surface area contributed by atoms with Crippen molar-refractivity contribution < 1.29 is 5.11 Å². The predicted molar refractivity (Wildman–Crippen MR) is 109 cm³/mol. The second kappa shape index (κ2) is 9.50. The monoisotopic (exact) mass is 404 g/mol. The van der Waals surface area contributed by atoms with Gasteiger partial charge in [-0.2, -0.15) is 5.10 Å². The number of aliphatic hydroxyl groups excluding tert-OH is 1. The van der Waals surface area contributed by atoms with Crippen molar-refractivity contribution in [1.29, 1.82) is 0 Å². The Balaban J connectivity index is 1.62. The largest absolute Gasteiger partial charge is 0.386 e. The number of aromatic amines is 1. The van der Waals surface area contributed by atoms with Crippen LogP contribution in [0.2, 0.25) is 4.34 Å². The average molecular weight is 405 g/mol. The third-order valence-corrected chi connectivity index (χ3v) is 5.10. The highest BCUT2D eigenvalue weighted by molar-refractivity contribution is 7.16. The number of thiophene rings is 1. The number of nitrogens with zero attached hydrogens (tertiary/aromatic N) is 3. The van der Waals surface area contributed by atoms with E-state index in [1.54, 1.807) is 6.07 Å². The molecule has 9 heteroatoms. The van der Waals surface area contributed by atoms with Gasteiger partial charge in [-0.05, 0) is 30.7 Å². The fourth-order valence-corrected chi connectivity index (χ4v) is 3.52. The maximum atomic E-state index is 10.3. The van der Waals surface area contributed by atoms with E-state index >= 15 is 0 Å². The fourth-order valence-electron chi connectivity index (χ4n) is 2.47. The molecule has 1 unspecified atom stereocenters. The van der Waals surface area contributed by atoms with Crippen molar-refractivity contribution in [2.45, 2.75) is 19.6 Å². The lowest BCUT2D eigenvalue weighted by molar-refractivity contribution is 0.184. The number of rotatable bonds is 7. The van der Waals surface area contributed by atoms with Crippen LogP contribution in [0.1, 0.15) is 23.5 Å². The molecule has 1 atom stereocenters. The van der Waals surface area contributed by atoms with Gasteiger partial charge in [0.25, 0.3) is 0 Å². The topological polar surface area (TPSA) is 98.2 Å². The molecule has 0 aliphatic heterocycles. The van der Waals surface area contributed by atoms with Crippen molar-refractivity contribution in [1.82, 2.24) is 25.8 Å². The second-order valence-corrected chi connectivity index (χ2v) is 7.51. The number of aliphatic hydroxyl groups is 1. The molecule has 0 aliphatic carbocycles. The minimum atomic E-state index is -0.638. The summed E-state index contributed by atoms with van der Waals surface area (Å²) in [6.07, 6.45) is 0.848. The summed E-state index contributed by atoms with van der Waals surface area (Å²) in [7, 11) is 0. The Morgan fingerprint density at radius 3 is 2.93 bits per heavy atom. The number of guanidine groups is 1. The van der Waals surface area contributed by atoms with Gasteiger partial charge >= 0.3 is 0 Å². The minimum absolute atomic E-state index is 0.348. The Kier molecular flexibility index (Phi) is 6.80. The highest BCUT2D eigenvalue weighted by Gasteiger charge is 2.11. The van der Waals surface area contributed by atoms with E-state index in [2.05, 4.69) is 30.8 Å². The van der Waals surface area contributed by atoms with Crippen LogP contribution in [-0.4, -0.2) is 39.3 Å². The average Bonchev–Trinajstić information content (AvgIpc) is 3.36. The summed E-state index contributed by atoms with van der Waals surface area (Å²) in [4.78, 5) is 9.58. The van der Waals surface area contributed by atoms with E-state index in [1.807, 2.05) is 37.3 Å². The summed E-state index contributed by atoms with van der Waals surface area (Å²) in [5, 5.41) is 23.4. The van der Waals surface area contributed by atoms with Crippen molar-refractivity contribution in [3.05, 3.63) is 57.5 Å². The maximum Gasteiger partial charge on any atom is 0.191 e. The van der Waals surface area contributed by atoms with Crippen LogP contribution < -0.4 is 10.6 Å². The van der Waals surface area contributed by atoms with E-state index in [9.17, 15) is 5.11 Å². The molecule has 1 aromatic carbocycles. The van der Waals surface area contributed by atoms with Gasteiger partial charge in [0.15, 0.2) is 11.8 Å². The number of H-pyrrole nitrogens is 1. The van der Waals surface area contributed by atoms with Crippen molar-refractivity contribution in [2.75, 3.05) is 13.1 Å². The standard InChI is InChI=1S/C18H21ClN6OS/c1-2-20-18(22-10-14(26)15-6-7-16(19)27-15)21-9-12-4-3-5-13(8-12)17-23-11-24-25-17/h3-8,11,14,26H,2,9-10H2,1H3,(H2,20,21,22)(H,23,24,25). The highest BCUT2D eigenvalue weighted by atomic mass is 35.5. The van der Waals surface area contributed by atoms with Crippen molar-refractivity contribution >= 4 is 28.9 Å². The van der Waals surface area contributed by atoms with Gasteiger partial charge in [-0.3, -0.25) is 5.10 Å². The van der Waals surface area contributed by atoms with Crippen molar-refractivity contribution in [3.63, 3.8) is 0 Å². The summed E-state index contributed by atoms with van der Waals surface area (Å²) in [5.41, 5.74) is 2.01. The van der Waals surface area contributed by atoms with Crippen LogP contribution in [0.4, 0.5) is 0 Å². The summed E-state index contributed by atoms with van der Waals surface area (Å²) >= 11 is 7.30. The molecular weight excluding hydrogens is 384 g/mol. The summed E-state index contributed by atoms with van der Waals surface area (Å²) in [5.74, 6) is 1.37. The van der Waals surface area contributed by atoms with Crippen LogP contribution in [0.15, 0.2) is 47.7 Å². The van der Waals surface area contributed by atoms with E-state index in [4.69, 9.17) is 11.6 Å². The Bertz CT molecular complexity index is 880. The molecule has 0 aliphatic rings. The summed E-state index contributed by atoms with van der Waals surface area (Å²) in [6, 6.07) is 11.6. The van der Waals surface area contributed by atoms with Crippen LogP contribution in [0.25, 0.3) is 11.4 Å². The number of aliphatic imine (C=N–C) groups is 1. The van der Waals surface area contributed by atoms with Gasteiger partial charge in [-0.15, -0.1) is 11.3 Å². The van der Waals surface area contributed by atoms with Gasteiger partial charge in [0.1, 0.15) is 12.4 Å².